The normalized spacial score (nSPS) is 12.0. The summed E-state index contributed by atoms with van der Waals surface area (Å²) in [6.45, 7) is 2.69. The van der Waals surface area contributed by atoms with Crippen LogP contribution in [0.3, 0.4) is 0 Å². The molecule has 0 aliphatic carbocycles. The van der Waals surface area contributed by atoms with Gasteiger partial charge in [-0.25, -0.2) is 0 Å². The van der Waals surface area contributed by atoms with E-state index in [-0.39, 0.29) is 28.4 Å². The van der Waals surface area contributed by atoms with Gasteiger partial charge in [-0.3, -0.25) is 19.8 Å². The molecule has 0 spiro atoms. The number of halogens is 1. The third kappa shape index (κ3) is 6.31. The molecule has 0 aliphatic heterocycles. The number of anilines is 1. The summed E-state index contributed by atoms with van der Waals surface area (Å²) in [6, 6.07) is 14.0. The van der Waals surface area contributed by atoms with Crippen molar-refractivity contribution in [3.8, 4) is 0 Å². The van der Waals surface area contributed by atoms with Crippen LogP contribution in [-0.2, 0) is 11.3 Å². The van der Waals surface area contributed by atoms with E-state index in [1.54, 1.807) is 0 Å². The largest absolute Gasteiger partial charge is 0.324 e. The predicted molar refractivity (Wildman–Crippen MR) is 130 cm³/mol. The van der Waals surface area contributed by atoms with E-state index < -0.39 is 4.92 Å². The first-order valence-corrected chi connectivity index (χ1v) is 11.7. The molecule has 0 radical (unpaired) electrons. The number of thioether (sulfide) groups is 1. The molecule has 1 atom stereocenters. The Balaban J connectivity index is 1.76. The molecular weight excluding hydrogens is 464 g/mol. The van der Waals surface area contributed by atoms with Gasteiger partial charge in [0.25, 0.3) is 5.69 Å². The molecule has 1 unspecified atom stereocenters. The van der Waals surface area contributed by atoms with Crippen LogP contribution in [0.2, 0.25) is 5.02 Å². The molecule has 0 fully saturated rings. The number of nitrogens with one attached hydrogen (secondary N) is 1. The van der Waals surface area contributed by atoms with Crippen LogP contribution in [0.25, 0.3) is 0 Å². The lowest BCUT2D eigenvalue weighted by molar-refractivity contribution is -0.384. The maximum absolute atomic E-state index is 12.5. The fourth-order valence-corrected chi connectivity index (χ4v) is 4.35. The summed E-state index contributed by atoms with van der Waals surface area (Å²) in [5.41, 5.74) is 1.29. The van der Waals surface area contributed by atoms with Crippen molar-refractivity contribution < 1.29 is 9.72 Å². The number of nitro benzene ring substituents is 1. The van der Waals surface area contributed by atoms with E-state index in [4.69, 9.17) is 11.6 Å². The minimum atomic E-state index is -0.540. The molecule has 0 bridgehead atoms. The van der Waals surface area contributed by atoms with Crippen molar-refractivity contribution in [1.82, 2.24) is 19.7 Å². The SMILES string of the molecule is CCC(c1nnc(SCC(=O)Nc2ccc([N+](=O)[O-])cc2Cl)n1Cc1ccccc1)N(C)C. The Morgan fingerprint density at radius 1 is 1.24 bits per heavy atom. The van der Waals surface area contributed by atoms with Crippen LogP contribution in [0.1, 0.15) is 30.8 Å². The van der Waals surface area contributed by atoms with E-state index >= 15 is 0 Å². The number of carbonyl (C=O) groups excluding carboxylic acids is 1. The zero-order valence-corrected chi connectivity index (χ0v) is 20.1. The molecule has 0 saturated heterocycles. The second-order valence-electron chi connectivity index (χ2n) is 7.56. The third-order valence-electron chi connectivity index (χ3n) is 5.01. The fraction of sp³-hybridized carbons (Fsp3) is 0.318. The van der Waals surface area contributed by atoms with Crippen molar-refractivity contribution in [3.63, 3.8) is 0 Å². The Hall–Kier alpha value is -2.95. The molecule has 0 aliphatic rings. The quantitative estimate of drug-likeness (QED) is 0.252. The number of nitrogens with zero attached hydrogens (tertiary/aromatic N) is 5. The Bertz CT molecular complexity index is 1120. The lowest BCUT2D eigenvalue weighted by Crippen LogP contribution is -2.23. The smallest absolute Gasteiger partial charge is 0.271 e. The van der Waals surface area contributed by atoms with Crippen LogP contribution in [0, 0.1) is 10.1 Å². The molecule has 0 saturated carbocycles. The first kappa shape index (κ1) is 24.7. The zero-order valence-electron chi connectivity index (χ0n) is 18.6. The number of nitro groups is 1. The number of benzene rings is 2. The molecule has 1 N–H and O–H groups in total. The molecule has 3 aromatic rings. The second-order valence-corrected chi connectivity index (χ2v) is 8.91. The van der Waals surface area contributed by atoms with Crippen molar-refractivity contribution in [2.75, 3.05) is 25.2 Å². The first-order chi connectivity index (χ1) is 15.8. The highest BCUT2D eigenvalue weighted by Gasteiger charge is 2.23. The minimum Gasteiger partial charge on any atom is -0.324 e. The number of rotatable bonds is 10. The fourth-order valence-electron chi connectivity index (χ4n) is 3.38. The monoisotopic (exact) mass is 488 g/mol. The van der Waals surface area contributed by atoms with Gasteiger partial charge >= 0.3 is 0 Å². The molecule has 9 nitrogen and oxygen atoms in total. The highest BCUT2D eigenvalue weighted by atomic mass is 35.5. The molecule has 1 aromatic heterocycles. The number of amides is 1. The number of hydrogen-bond acceptors (Lipinski definition) is 7. The molecule has 11 heteroatoms. The third-order valence-corrected chi connectivity index (χ3v) is 6.29. The van der Waals surface area contributed by atoms with Crippen molar-refractivity contribution in [2.24, 2.45) is 0 Å². The lowest BCUT2D eigenvalue weighted by Gasteiger charge is -2.23. The van der Waals surface area contributed by atoms with Crippen LogP contribution < -0.4 is 5.32 Å². The van der Waals surface area contributed by atoms with Crippen molar-refractivity contribution in [2.45, 2.75) is 31.1 Å². The maximum Gasteiger partial charge on any atom is 0.271 e. The molecule has 1 heterocycles. The van der Waals surface area contributed by atoms with Crippen LogP contribution in [0.15, 0.2) is 53.7 Å². The average molecular weight is 489 g/mol. The Morgan fingerprint density at radius 2 is 1.97 bits per heavy atom. The predicted octanol–water partition coefficient (Wildman–Crippen LogP) is 4.63. The molecule has 3 rings (SSSR count). The van der Waals surface area contributed by atoms with Crippen molar-refractivity contribution >= 4 is 40.6 Å². The van der Waals surface area contributed by atoms with Crippen LogP contribution in [0.5, 0.6) is 0 Å². The van der Waals surface area contributed by atoms with E-state index in [2.05, 4.69) is 27.3 Å². The highest BCUT2D eigenvalue weighted by Crippen LogP contribution is 2.28. The van der Waals surface area contributed by atoms with Crippen LogP contribution >= 0.6 is 23.4 Å². The van der Waals surface area contributed by atoms with Crippen molar-refractivity contribution in [3.05, 3.63) is 75.1 Å². The summed E-state index contributed by atoms with van der Waals surface area (Å²) >= 11 is 7.35. The number of hydrogen-bond donors (Lipinski definition) is 1. The summed E-state index contributed by atoms with van der Waals surface area (Å²) in [5.74, 6) is 0.623. The lowest BCUT2D eigenvalue weighted by atomic mass is 10.2. The zero-order chi connectivity index (χ0) is 24.0. The number of non-ortho nitro benzene ring substituents is 1. The van der Waals surface area contributed by atoms with E-state index in [1.807, 2.05) is 49.0 Å². The number of carbonyl (C=O) groups is 1. The second kappa shape index (κ2) is 11.3. The summed E-state index contributed by atoms with van der Waals surface area (Å²) in [7, 11) is 4.01. The van der Waals surface area contributed by atoms with Gasteiger partial charge in [0.1, 0.15) is 0 Å². The maximum atomic E-state index is 12.5. The molecule has 2 aromatic carbocycles. The Labute approximate surface area is 201 Å². The van der Waals surface area contributed by atoms with Crippen LogP contribution in [0.4, 0.5) is 11.4 Å². The summed E-state index contributed by atoms with van der Waals surface area (Å²) < 4.78 is 2.04. The van der Waals surface area contributed by atoms with E-state index in [1.165, 1.54) is 30.0 Å². The van der Waals surface area contributed by atoms with Gasteiger partial charge < -0.3 is 9.88 Å². The van der Waals surface area contributed by atoms with E-state index in [9.17, 15) is 14.9 Å². The average Bonchev–Trinajstić information content (AvgIpc) is 3.16. The Morgan fingerprint density at radius 3 is 2.58 bits per heavy atom. The molecule has 1 amide bonds. The van der Waals surface area contributed by atoms with Gasteiger partial charge in [-0.1, -0.05) is 60.6 Å². The van der Waals surface area contributed by atoms with E-state index in [0.717, 1.165) is 17.8 Å². The van der Waals surface area contributed by atoms with Crippen LogP contribution in [-0.4, -0.2) is 50.3 Å². The first-order valence-electron chi connectivity index (χ1n) is 10.3. The summed E-state index contributed by atoms with van der Waals surface area (Å²) in [5, 5.41) is 23.1. The summed E-state index contributed by atoms with van der Waals surface area (Å²) in [6.07, 6.45) is 0.865. The highest BCUT2D eigenvalue weighted by molar-refractivity contribution is 7.99. The number of aromatic nitrogens is 3. The Kier molecular flexibility index (Phi) is 8.43. The molecular formula is C22H25ClN6O3S. The molecule has 33 heavy (non-hydrogen) atoms. The standard InChI is InChI=1S/C22H25ClN6O3S/c1-4-19(27(2)3)21-25-26-22(28(21)13-15-8-6-5-7-9-15)33-14-20(30)24-18-11-10-16(29(31)32)12-17(18)23/h5-12,19H,4,13-14H2,1-3H3,(H,24,30). The van der Waals surface area contributed by atoms with Crippen molar-refractivity contribution in [1.29, 1.82) is 0 Å². The summed E-state index contributed by atoms with van der Waals surface area (Å²) in [4.78, 5) is 25.0. The van der Waals surface area contributed by atoms with Gasteiger partial charge in [0.05, 0.1) is 34.0 Å². The van der Waals surface area contributed by atoms with E-state index in [0.29, 0.717) is 17.4 Å². The minimum absolute atomic E-state index is 0.0823. The van der Waals surface area contributed by atoms with Gasteiger partial charge in [-0.05, 0) is 32.1 Å². The van der Waals surface area contributed by atoms with Gasteiger partial charge in [-0.15, -0.1) is 10.2 Å². The van der Waals surface area contributed by atoms with Gasteiger partial charge in [0, 0.05) is 12.1 Å². The van der Waals surface area contributed by atoms with Gasteiger partial charge in [0.15, 0.2) is 11.0 Å². The van der Waals surface area contributed by atoms with Gasteiger partial charge in [-0.2, -0.15) is 0 Å². The van der Waals surface area contributed by atoms with Gasteiger partial charge in [0.2, 0.25) is 5.91 Å². The molecule has 174 valence electrons. The topological polar surface area (TPSA) is 106 Å².